The Hall–Kier alpha value is -1.81. The maximum absolute atomic E-state index is 13.8. The standard InChI is InChI=1S/C16H14F2OS/c1-19-14-9-7-13(8-10-14)11-12-16(17,18)20-15-5-3-2-4-6-15/h2-12H,1H3/b12-11+. The monoisotopic (exact) mass is 292 g/mol. The van der Waals surface area contributed by atoms with Crippen LogP contribution >= 0.6 is 11.8 Å². The molecule has 0 bridgehead atoms. The van der Waals surface area contributed by atoms with Gasteiger partial charge in [-0.2, -0.15) is 8.78 Å². The quantitative estimate of drug-likeness (QED) is 0.710. The fourth-order valence-electron chi connectivity index (χ4n) is 1.59. The number of thioether (sulfide) groups is 1. The zero-order valence-corrected chi connectivity index (χ0v) is 11.7. The molecule has 0 aromatic heterocycles. The van der Waals surface area contributed by atoms with Crippen molar-refractivity contribution < 1.29 is 13.5 Å². The fourth-order valence-corrected chi connectivity index (χ4v) is 2.33. The van der Waals surface area contributed by atoms with E-state index in [4.69, 9.17) is 4.74 Å². The van der Waals surface area contributed by atoms with Crippen molar-refractivity contribution in [3.05, 3.63) is 66.2 Å². The van der Waals surface area contributed by atoms with Crippen LogP contribution in [0.2, 0.25) is 0 Å². The number of ether oxygens (including phenoxy) is 1. The molecule has 0 aliphatic carbocycles. The lowest BCUT2D eigenvalue weighted by Crippen LogP contribution is -2.04. The maximum Gasteiger partial charge on any atom is 0.317 e. The lowest BCUT2D eigenvalue weighted by Gasteiger charge is -2.10. The molecule has 2 aromatic carbocycles. The number of rotatable bonds is 5. The molecule has 0 spiro atoms. The van der Waals surface area contributed by atoms with Crippen LogP contribution in [0.5, 0.6) is 5.75 Å². The fraction of sp³-hybridized carbons (Fsp3) is 0.125. The highest BCUT2D eigenvalue weighted by Crippen LogP contribution is 2.37. The Morgan fingerprint density at radius 3 is 2.25 bits per heavy atom. The summed E-state index contributed by atoms with van der Waals surface area (Å²) in [5.74, 6) is 0.701. The van der Waals surface area contributed by atoms with E-state index < -0.39 is 5.25 Å². The SMILES string of the molecule is COc1ccc(/C=C/C(F)(F)Sc2ccccc2)cc1. The van der Waals surface area contributed by atoms with Crippen molar-refractivity contribution in [3.63, 3.8) is 0 Å². The Balaban J connectivity index is 2.04. The molecule has 0 saturated heterocycles. The van der Waals surface area contributed by atoms with Crippen LogP contribution in [0, 0.1) is 0 Å². The van der Waals surface area contributed by atoms with E-state index in [1.54, 1.807) is 61.7 Å². The minimum Gasteiger partial charge on any atom is -0.497 e. The molecule has 0 heterocycles. The minimum atomic E-state index is -2.94. The third kappa shape index (κ3) is 4.38. The Morgan fingerprint density at radius 1 is 1.00 bits per heavy atom. The molecule has 0 N–H and O–H groups in total. The third-order valence-corrected chi connectivity index (χ3v) is 3.50. The number of methoxy groups -OCH3 is 1. The molecule has 0 radical (unpaired) electrons. The summed E-state index contributed by atoms with van der Waals surface area (Å²) < 4.78 is 32.6. The van der Waals surface area contributed by atoms with Crippen LogP contribution < -0.4 is 4.74 Å². The Kier molecular flexibility index (Phi) is 4.79. The zero-order valence-electron chi connectivity index (χ0n) is 10.9. The van der Waals surface area contributed by atoms with Crippen LogP contribution in [0.15, 0.2) is 65.6 Å². The van der Waals surface area contributed by atoms with Gasteiger partial charge >= 0.3 is 5.25 Å². The summed E-state index contributed by atoms with van der Waals surface area (Å²) in [7, 11) is 1.56. The summed E-state index contributed by atoms with van der Waals surface area (Å²) in [5, 5.41) is -2.94. The van der Waals surface area contributed by atoms with Gasteiger partial charge in [0.05, 0.1) is 7.11 Å². The average molecular weight is 292 g/mol. The van der Waals surface area contributed by atoms with E-state index >= 15 is 0 Å². The summed E-state index contributed by atoms with van der Waals surface area (Å²) in [5.41, 5.74) is 0.708. The highest BCUT2D eigenvalue weighted by Gasteiger charge is 2.26. The normalized spacial score (nSPS) is 11.8. The second kappa shape index (κ2) is 6.57. The van der Waals surface area contributed by atoms with Crippen molar-refractivity contribution in [1.29, 1.82) is 0 Å². The first-order valence-corrected chi connectivity index (χ1v) is 6.86. The molecule has 20 heavy (non-hydrogen) atoms. The van der Waals surface area contributed by atoms with Gasteiger partial charge in [0.1, 0.15) is 5.75 Å². The van der Waals surface area contributed by atoms with E-state index in [0.29, 0.717) is 28.0 Å². The van der Waals surface area contributed by atoms with E-state index in [-0.39, 0.29) is 0 Å². The van der Waals surface area contributed by atoms with Crippen molar-refractivity contribution in [3.8, 4) is 5.75 Å². The summed E-state index contributed by atoms with van der Waals surface area (Å²) >= 11 is 0.528. The van der Waals surface area contributed by atoms with E-state index in [1.807, 2.05) is 0 Å². The van der Waals surface area contributed by atoms with Crippen LogP contribution in [-0.2, 0) is 0 Å². The molecule has 104 valence electrons. The van der Waals surface area contributed by atoms with Gasteiger partial charge in [-0.1, -0.05) is 36.4 Å². The van der Waals surface area contributed by atoms with Crippen LogP contribution in [0.4, 0.5) is 8.78 Å². The van der Waals surface area contributed by atoms with Gasteiger partial charge in [-0.05, 0) is 47.7 Å². The molecule has 1 nitrogen and oxygen atoms in total. The minimum absolute atomic E-state index is 0.528. The second-order valence-corrected chi connectivity index (χ2v) is 5.30. The van der Waals surface area contributed by atoms with Crippen LogP contribution in [0.25, 0.3) is 6.08 Å². The number of halogens is 2. The Labute approximate surface area is 121 Å². The molecule has 0 amide bonds. The van der Waals surface area contributed by atoms with E-state index in [1.165, 1.54) is 6.08 Å². The van der Waals surface area contributed by atoms with E-state index in [9.17, 15) is 8.78 Å². The van der Waals surface area contributed by atoms with Crippen LogP contribution in [0.3, 0.4) is 0 Å². The Bertz CT molecular complexity index is 565. The first-order valence-electron chi connectivity index (χ1n) is 6.04. The predicted octanol–water partition coefficient (Wildman–Crippen LogP) is 5.09. The van der Waals surface area contributed by atoms with Gasteiger partial charge in [0, 0.05) is 4.90 Å². The van der Waals surface area contributed by atoms with E-state index in [2.05, 4.69) is 0 Å². The highest BCUT2D eigenvalue weighted by atomic mass is 32.2. The number of benzene rings is 2. The molecule has 0 atom stereocenters. The smallest absolute Gasteiger partial charge is 0.317 e. The molecular formula is C16H14F2OS. The predicted molar refractivity (Wildman–Crippen MR) is 79.3 cm³/mol. The molecule has 2 aromatic rings. The van der Waals surface area contributed by atoms with Crippen molar-refractivity contribution >= 4 is 17.8 Å². The van der Waals surface area contributed by atoms with Gasteiger partial charge in [-0.15, -0.1) is 0 Å². The van der Waals surface area contributed by atoms with Crippen LogP contribution in [0.1, 0.15) is 5.56 Å². The van der Waals surface area contributed by atoms with Crippen molar-refractivity contribution in [1.82, 2.24) is 0 Å². The molecule has 0 fully saturated rings. The van der Waals surface area contributed by atoms with Gasteiger partial charge in [0.2, 0.25) is 0 Å². The first kappa shape index (κ1) is 14.6. The molecule has 0 aliphatic heterocycles. The van der Waals surface area contributed by atoms with Gasteiger partial charge < -0.3 is 4.74 Å². The van der Waals surface area contributed by atoms with Gasteiger partial charge in [0.25, 0.3) is 0 Å². The number of alkyl halides is 2. The number of hydrogen-bond acceptors (Lipinski definition) is 2. The largest absolute Gasteiger partial charge is 0.497 e. The molecule has 0 saturated carbocycles. The summed E-state index contributed by atoms with van der Waals surface area (Å²) in [6, 6.07) is 15.6. The van der Waals surface area contributed by atoms with E-state index in [0.717, 1.165) is 6.08 Å². The molecule has 4 heteroatoms. The second-order valence-electron chi connectivity index (χ2n) is 4.08. The van der Waals surface area contributed by atoms with Gasteiger partial charge in [-0.3, -0.25) is 0 Å². The summed E-state index contributed by atoms with van der Waals surface area (Å²) in [6.45, 7) is 0. The molecule has 0 aliphatic rings. The molecule has 2 rings (SSSR count). The maximum atomic E-state index is 13.8. The van der Waals surface area contributed by atoms with Gasteiger partial charge in [0.15, 0.2) is 0 Å². The zero-order chi connectivity index (χ0) is 14.4. The van der Waals surface area contributed by atoms with Gasteiger partial charge in [-0.25, -0.2) is 0 Å². The highest BCUT2D eigenvalue weighted by molar-refractivity contribution is 8.00. The lowest BCUT2D eigenvalue weighted by atomic mass is 10.2. The Morgan fingerprint density at radius 2 is 1.65 bits per heavy atom. The molecular weight excluding hydrogens is 278 g/mol. The average Bonchev–Trinajstić information content (AvgIpc) is 2.46. The van der Waals surface area contributed by atoms with Crippen LogP contribution in [-0.4, -0.2) is 12.4 Å². The summed E-state index contributed by atoms with van der Waals surface area (Å²) in [4.78, 5) is 0.539. The lowest BCUT2D eigenvalue weighted by molar-refractivity contribution is 0.163. The topological polar surface area (TPSA) is 9.23 Å². The summed E-state index contributed by atoms with van der Waals surface area (Å²) in [6.07, 6.45) is 2.32. The van der Waals surface area contributed by atoms with Crippen molar-refractivity contribution in [2.45, 2.75) is 10.2 Å². The van der Waals surface area contributed by atoms with Crippen molar-refractivity contribution in [2.75, 3.05) is 7.11 Å². The molecule has 0 unspecified atom stereocenters. The third-order valence-electron chi connectivity index (χ3n) is 2.58. The first-order chi connectivity index (χ1) is 9.59. The number of hydrogen-bond donors (Lipinski definition) is 0. The van der Waals surface area contributed by atoms with Crippen molar-refractivity contribution in [2.24, 2.45) is 0 Å².